The Hall–Kier alpha value is -1.51. The van der Waals surface area contributed by atoms with E-state index in [2.05, 4.69) is 50.2 Å². The van der Waals surface area contributed by atoms with Gasteiger partial charge in [0.25, 0.3) is 0 Å². The van der Waals surface area contributed by atoms with E-state index in [1.54, 1.807) is 7.11 Å². The molecule has 0 spiro atoms. The molecule has 2 aromatic rings. The molecule has 0 aliphatic carbocycles. The first-order valence-electron chi connectivity index (χ1n) is 6.11. The molecule has 2 N–H and O–H groups in total. The number of rotatable bonds is 3. The summed E-state index contributed by atoms with van der Waals surface area (Å²) in [4.78, 5) is 0. The maximum atomic E-state index is 5.80. The number of hydrogen-bond acceptors (Lipinski definition) is 2. The predicted octanol–water partition coefficient (Wildman–Crippen LogP) is 3.86. The fourth-order valence-electron chi connectivity index (χ4n) is 2.34. The molecule has 0 bridgehead atoms. The molecule has 2 nitrogen and oxygen atoms in total. The molecule has 0 radical (unpaired) electrons. The van der Waals surface area contributed by atoms with Crippen molar-refractivity contribution >= 4 is 12.4 Å². The van der Waals surface area contributed by atoms with E-state index in [0.29, 0.717) is 6.54 Å². The summed E-state index contributed by atoms with van der Waals surface area (Å²) in [6, 6.07) is 12.6. The van der Waals surface area contributed by atoms with Gasteiger partial charge < -0.3 is 10.5 Å². The summed E-state index contributed by atoms with van der Waals surface area (Å²) in [5.41, 5.74) is 11.7. The average molecular weight is 278 g/mol. The minimum absolute atomic E-state index is 0. The fourth-order valence-corrected chi connectivity index (χ4v) is 2.34. The lowest BCUT2D eigenvalue weighted by Gasteiger charge is -2.14. The molecular formula is C16H20ClNO. The van der Waals surface area contributed by atoms with Crippen LogP contribution in [0.4, 0.5) is 0 Å². The molecule has 0 aliphatic heterocycles. The standard InChI is InChI=1S/C16H19NO.ClH/c1-11-6-4-5-7-15(11)13-8-12(2)16(18-3)14(9-13)10-17;/h4-9H,10,17H2,1-3H3;1H. The van der Waals surface area contributed by atoms with Crippen molar-refractivity contribution in [2.75, 3.05) is 7.11 Å². The van der Waals surface area contributed by atoms with Crippen molar-refractivity contribution in [3.05, 3.63) is 53.1 Å². The fraction of sp³-hybridized carbons (Fsp3) is 0.250. The van der Waals surface area contributed by atoms with Gasteiger partial charge in [0.15, 0.2) is 0 Å². The van der Waals surface area contributed by atoms with E-state index in [1.165, 1.54) is 16.7 Å². The minimum atomic E-state index is 0. The van der Waals surface area contributed by atoms with Crippen LogP contribution in [0.2, 0.25) is 0 Å². The quantitative estimate of drug-likeness (QED) is 0.925. The Kier molecular flexibility index (Phi) is 5.40. The molecule has 0 heterocycles. The van der Waals surface area contributed by atoms with E-state index in [1.807, 2.05) is 0 Å². The highest BCUT2D eigenvalue weighted by molar-refractivity contribution is 5.85. The molecule has 0 aromatic heterocycles. The zero-order valence-corrected chi connectivity index (χ0v) is 12.4. The summed E-state index contributed by atoms with van der Waals surface area (Å²) < 4.78 is 5.41. The number of methoxy groups -OCH3 is 1. The van der Waals surface area contributed by atoms with Crippen LogP contribution in [0.25, 0.3) is 11.1 Å². The first kappa shape index (κ1) is 15.5. The maximum Gasteiger partial charge on any atom is 0.126 e. The van der Waals surface area contributed by atoms with Crippen LogP contribution >= 0.6 is 12.4 Å². The lowest BCUT2D eigenvalue weighted by atomic mass is 9.96. The first-order valence-corrected chi connectivity index (χ1v) is 6.11. The van der Waals surface area contributed by atoms with Crippen molar-refractivity contribution in [3.8, 4) is 16.9 Å². The predicted molar refractivity (Wildman–Crippen MR) is 83.0 cm³/mol. The van der Waals surface area contributed by atoms with Gasteiger partial charge >= 0.3 is 0 Å². The Bertz CT molecular complexity index is 567. The number of aryl methyl sites for hydroxylation is 2. The SMILES string of the molecule is COc1c(C)cc(-c2ccccc2C)cc1CN.Cl. The van der Waals surface area contributed by atoms with Crippen LogP contribution in [-0.2, 0) is 6.54 Å². The number of ether oxygens (including phenoxy) is 1. The van der Waals surface area contributed by atoms with Gasteiger partial charge in [0.2, 0.25) is 0 Å². The number of benzene rings is 2. The molecule has 0 amide bonds. The normalized spacial score (nSPS) is 9.89. The summed E-state index contributed by atoms with van der Waals surface area (Å²) in [7, 11) is 1.69. The molecule has 0 unspecified atom stereocenters. The lowest BCUT2D eigenvalue weighted by Crippen LogP contribution is -2.02. The van der Waals surface area contributed by atoms with Crippen molar-refractivity contribution in [1.29, 1.82) is 0 Å². The molecule has 0 saturated carbocycles. The van der Waals surface area contributed by atoms with Crippen LogP contribution in [0, 0.1) is 13.8 Å². The van der Waals surface area contributed by atoms with Crippen LogP contribution in [0.1, 0.15) is 16.7 Å². The maximum absolute atomic E-state index is 5.80. The Labute approximate surface area is 121 Å². The molecule has 3 heteroatoms. The van der Waals surface area contributed by atoms with Crippen molar-refractivity contribution in [2.45, 2.75) is 20.4 Å². The van der Waals surface area contributed by atoms with Gasteiger partial charge in [-0.1, -0.05) is 24.3 Å². The molecule has 0 saturated heterocycles. The smallest absolute Gasteiger partial charge is 0.126 e. The van der Waals surface area contributed by atoms with Crippen LogP contribution < -0.4 is 10.5 Å². The number of halogens is 1. The van der Waals surface area contributed by atoms with E-state index in [9.17, 15) is 0 Å². The van der Waals surface area contributed by atoms with Gasteiger partial charge in [-0.2, -0.15) is 0 Å². The Balaban J connectivity index is 0.00000180. The lowest BCUT2D eigenvalue weighted by molar-refractivity contribution is 0.407. The average Bonchev–Trinajstić information content (AvgIpc) is 2.38. The molecule has 102 valence electrons. The number of nitrogens with two attached hydrogens (primary N) is 1. The molecule has 19 heavy (non-hydrogen) atoms. The van der Waals surface area contributed by atoms with E-state index >= 15 is 0 Å². The van der Waals surface area contributed by atoms with Crippen molar-refractivity contribution in [3.63, 3.8) is 0 Å². The minimum Gasteiger partial charge on any atom is -0.496 e. The summed E-state index contributed by atoms with van der Waals surface area (Å²) in [5.74, 6) is 0.898. The van der Waals surface area contributed by atoms with Gasteiger partial charge in [-0.05, 0) is 48.2 Å². The molecule has 0 atom stereocenters. The van der Waals surface area contributed by atoms with Crippen molar-refractivity contribution in [1.82, 2.24) is 0 Å². The third kappa shape index (κ3) is 3.09. The molecular weight excluding hydrogens is 258 g/mol. The second-order valence-corrected chi connectivity index (χ2v) is 4.50. The topological polar surface area (TPSA) is 35.2 Å². The zero-order chi connectivity index (χ0) is 13.1. The van der Waals surface area contributed by atoms with Crippen LogP contribution in [0.3, 0.4) is 0 Å². The summed E-state index contributed by atoms with van der Waals surface area (Å²) in [6.07, 6.45) is 0. The van der Waals surface area contributed by atoms with E-state index in [-0.39, 0.29) is 12.4 Å². The van der Waals surface area contributed by atoms with Gasteiger partial charge in [-0.25, -0.2) is 0 Å². The largest absolute Gasteiger partial charge is 0.496 e. The van der Waals surface area contributed by atoms with Gasteiger partial charge in [-0.3, -0.25) is 0 Å². The van der Waals surface area contributed by atoms with Crippen molar-refractivity contribution < 1.29 is 4.74 Å². The van der Waals surface area contributed by atoms with E-state index < -0.39 is 0 Å². The van der Waals surface area contributed by atoms with Crippen LogP contribution in [0.15, 0.2) is 36.4 Å². The molecule has 0 aliphatic rings. The van der Waals surface area contributed by atoms with Crippen LogP contribution in [0.5, 0.6) is 5.75 Å². The molecule has 2 rings (SSSR count). The van der Waals surface area contributed by atoms with Gasteiger partial charge in [0, 0.05) is 12.1 Å². The van der Waals surface area contributed by atoms with E-state index in [0.717, 1.165) is 16.9 Å². The highest BCUT2D eigenvalue weighted by Crippen LogP contribution is 2.31. The monoisotopic (exact) mass is 277 g/mol. The Morgan fingerprint density at radius 2 is 1.74 bits per heavy atom. The number of hydrogen-bond donors (Lipinski definition) is 1. The van der Waals surface area contributed by atoms with Gasteiger partial charge in [0.1, 0.15) is 5.75 Å². The Morgan fingerprint density at radius 3 is 2.32 bits per heavy atom. The highest BCUT2D eigenvalue weighted by atomic mass is 35.5. The summed E-state index contributed by atoms with van der Waals surface area (Å²) >= 11 is 0. The molecule has 2 aromatic carbocycles. The highest BCUT2D eigenvalue weighted by Gasteiger charge is 2.09. The summed E-state index contributed by atoms with van der Waals surface area (Å²) in [6.45, 7) is 4.67. The van der Waals surface area contributed by atoms with Gasteiger partial charge in [-0.15, -0.1) is 12.4 Å². The Morgan fingerprint density at radius 1 is 1.05 bits per heavy atom. The molecule has 0 fully saturated rings. The van der Waals surface area contributed by atoms with Crippen LogP contribution in [-0.4, -0.2) is 7.11 Å². The zero-order valence-electron chi connectivity index (χ0n) is 11.6. The van der Waals surface area contributed by atoms with Crippen molar-refractivity contribution in [2.24, 2.45) is 5.73 Å². The second-order valence-electron chi connectivity index (χ2n) is 4.50. The summed E-state index contributed by atoms with van der Waals surface area (Å²) in [5, 5.41) is 0. The van der Waals surface area contributed by atoms with E-state index in [4.69, 9.17) is 10.5 Å². The third-order valence-electron chi connectivity index (χ3n) is 3.23. The second kappa shape index (κ2) is 6.60. The first-order chi connectivity index (χ1) is 8.67. The third-order valence-corrected chi connectivity index (χ3v) is 3.23. The van der Waals surface area contributed by atoms with Gasteiger partial charge in [0.05, 0.1) is 7.11 Å².